The van der Waals surface area contributed by atoms with Gasteiger partial charge >= 0.3 is 11.9 Å². The van der Waals surface area contributed by atoms with Crippen molar-refractivity contribution in [3.63, 3.8) is 0 Å². The molecule has 2 rings (SSSR count). The van der Waals surface area contributed by atoms with E-state index in [-0.39, 0.29) is 6.42 Å². The van der Waals surface area contributed by atoms with E-state index >= 15 is 0 Å². The average molecular weight is 569 g/mol. The first-order valence-electron chi connectivity index (χ1n) is 15.9. The van der Waals surface area contributed by atoms with E-state index in [4.69, 9.17) is 18.9 Å². The summed E-state index contributed by atoms with van der Waals surface area (Å²) in [4.78, 5) is 24.9. The number of carbonyl (C=O) groups excluding carboxylic acids is 2. The quantitative estimate of drug-likeness (QED) is 0.0755. The molecule has 1 atom stereocenters. The lowest BCUT2D eigenvalue weighted by atomic mass is 10.1. The Morgan fingerprint density at radius 1 is 0.537 bits per heavy atom. The second-order valence-corrected chi connectivity index (χ2v) is 10.9. The zero-order valence-corrected chi connectivity index (χ0v) is 25.7. The van der Waals surface area contributed by atoms with Crippen LogP contribution in [-0.4, -0.2) is 25.2 Å². The third kappa shape index (κ3) is 16.1. The molecule has 0 amide bonds. The summed E-state index contributed by atoms with van der Waals surface area (Å²) in [6.07, 6.45) is 17.3. The maximum absolute atomic E-state index is 12.5. The molecule has 228 valence electrons. The van der Waals surface area contributed by atoms with Gasteiger partial charge in [0.25, 0.3) is 0 Å². The Hall–Kier alpha value is -3.02. The third-order valence-corrected chi connectivity index (χ3v) is 7.01. The first kappa shape index (κ1) is 34.2. The summed E-state index contributed by atoms with van der Waals surface area (Å²) >= 11 is 0. The number of hydrogen-bond acceptors (Lipinski definition) is 6. The van der Waals surface area contributed by atoms with Crippen LogP contribution < -0.4 is 18.9 Å². The molecule has 0 aliphatic rings. The highest BCUT2D eigenvalue weighted by atomic mass is 16.5. The van der Waals surface area contributed by atoms with Crippen molar-refractivity contribution < 1.29 is 28.5 Å². The van der Waals surface area contributed by atoms with Gasteiger partial charge in [-0.3, -0.25) is 9.59 Å². The van der Waals surface area contributed by atoms with Crippen molar-refractivity contribution in [3.8, 4) is 23.0 Å². The minimum Gasteiger partial charge on any atom is -0.494 e. The Kier molecular flexibility index (Phi) is 18.1. The van der Waals surface area contributed by atoms with Gasteiger partial charge in [-0.05, 0) is 61.4 Å². The van der Waals surface area contributed by atoms with Gasteiger partial charge in [-0.15, -0.1) is 0 Å². The van der Waals surface area contributed by atoms with Crippen molar-refractivity contribution in [3.05, 3.63) is 48.5 Å². The molecule has 0 N–H and O–H groups in total. The van der Waals surface area contributed by atoms with Crippen molar-refractivity contribution in [2.24, 2.45) is 5.92 Å². The molecule has 0 radical (unpaired) electrons. The highest BCUT2D eigenvalue weighted by Gasteiger charge is 2.20. The van der Waals surface area contributed by atoms with Crippen molar-refractivity contribution in [2.75, 3.05) is 13.2 Å². The summed E-state index contributed by atoms with van der Waals surface area (Å²) in [5.41, 5.74) is 0. The molecule has 1 unspecified atom stereocenters. The van der Waals surface area contributed by atoms with E-state index in [1.54, 1.807) is 55.5 Å². The van der Waals surface area contributed by atoms with Crippen LogP contribution in [0.3, 0.4) is 0 Å². The Labute approximate surface area is 248 Å². The summed E-state index contributed by atoms with van der Waals surface area (Å²) in [5.74, 6) is 0.744. The van der Waals surface area contributed by atoms with Crippen LogP contribution in [0.25, 0.3) is 0 Å². The molecule has 0 saturated carbocycles. The monoisotopic (exact) mass is 568 g/mol. The summed E-state index contributed by atoms with van der Waals surface area (Å²) in [5, 5.41) is 0. The number of ether oxygens (including phenoxy) is 4. The second kappa shape index (κ2) is 21.7. The fraction of sp³-hybridized carbons (Fsp3) is 0.600. The van der Waals surface area contributed by atoms with Crippen LogP contribution in [0.5, 0.6) is 23.0 Å². The first-order chi connectivity index (χ1) is 20.0. The van der Waals surface area contributed by atoms with Crippen LogP contribution in [0.1, 0.15) is 117 Å². The number of benzene rings is 2. The third-order valence-electron chi connectivity index (χ3n) is 7.01. The van der Waals surface area contributed by atoms with E-state index in [0.717, 1.165) is 24.3 Å². The highest BCUT2D eigenvalue weighted by molar-refractivity contribution is 5.82. The largest absolute Gasteiger partial charge is 0.494 e. The van der Waals surface area contributed by atoms with Gasteiger partial charge in [0.15, 0.2) is 0 Å². The normalized spacial score (nSPS) is 11.6. The van der Waals surface area contributed by atoms with Gasteiger partial charge in [-0.1, -0.05) is 97.8 Å². The molecule has 0 spiro atoms. The molecule has 2 aromatic carbocycles. The Morgan fingerprint density at radius 2 is 0.902 bits per heavy atom. The summed E-state index contributed by atoms with van der Waals surface area (Å²) in [6, 6.07) is 14.0. The predicted molar refractivity (Wildman–Crippen MR) is 165 cm³/mol. The summed E-state index contributed by atoms with van der Waals surface area (Å²) in [6.45, 7) is 7.48. The van der Waals surface area contributed by atoms with Crippen LogP contribution >= 0.6 is 0 Å². The molecular formula is C35H52O6. The van der Waals surface area contributed by atoms with E-state index in [9.17, 15) is 9.59 Å². The topological polar surface area (TPSA) is 71.1 Å². The second-order valence-electron chi connectivity index (χ2n) is 10.9. The summed E-state index contributed by atoms with van der Waals surface area (Å²) < 4.78 is 22.4. The fourth-order valence-corrected chi connectivity index (χ4v) is 4.43. The molecule has 0 fully saturated rings. The molecule has 0 aromatic heterocycles. The number of esters is 2. The lowest BCUT2D eigenvalue weighted by Crippen LogP contribution is -2.22. The van der Waals surface area contributed by atoms with E-state index in [2.05, 4.69) is 13.8 Å². The van der Waals surface area contributed by atoms with Crippen LogP contribution in [0, 0.1) is 5.92 Å². The molecule has 6 heteroatoms. The van der Waals surface area contributed by atoms with Gasteiger partial charge < -0.3 is 18.9 Å². The molecule has 41 heavy (non-hydrogen) atoms. The average Bonchev–Trinajstić information content (AvgIpc) is 2.97. The number of carbonyl (C=O) groups is 2. The van der Waals surface area contributed by atoms with Gasteiger partial charge in [0.05, 0.1) is 25.6 Å². The van der Waals surface area contributed by atoms with Gasteiger partial charge in [0.1, 0.15) is 23.0 Å². The molecule has 0 heterocycles. The van der Waals surface area contributed by atoms with E-state index in [0.29, 0.717) is 24.7 Å². The van der Waals surface area contributed by atoms with Crippen LogP contribution in [0.15, 0.2) is 48.5 Å². The molecule has 0 bridgehead atoms. The molecule has 2 aromatic rings. The molecule has 0 aliphatic carbocycles. The number of unbranched alkanes of at least 4 members (excludes halogenated alkanes) is 12. The molecular weight excluding hydrogens is 516 g/mol. The van der Waals surface area contributed by atoms with Gasteiger partial charge in [0, 0.05) is 0 Å². The lowest BCUT2D eigenvalue weighted by molar-refractivity contribution is -0.144. The van der Waals surface area contributed by atoms with Crippen LogP contribution in [0.4, 0.5) is 0 Å². The van der Waals surface area contributed by atoms with Crippen molar-refractivity contribution >= 4 is 11.9 Å². The maximum Gasteiger partial charge on any atom is 0.314 e. The minimum atomic E-state index is -0.639. The molecule has 6 nitrogen and oxygen atoms in total. The zero-order chi connectivity index (χ0) is 29.5. The molecule has 0 saturated heterocycles. The van der Waals surface area contributed by atoms with E-state index in [1.807, 2.05) is 0 Å². The fourth-order valence-electron chi connectivity index (χ4n) is 4.43. The smallest absolute Gasteiger partial charge is 0.314 e. The van der Waals surface area contributed by atoms with E-state index < -0.39 is 17.9 Å². The summed E-state index contributed by atoms with van der Waals surface area (Å²) in [7, 11) is 0. The maximum atomic E-state index is 12.5. The lowest BCUT2D eigenvalue weighted by Gasteiger charge is -2.12. The number of rotatable bonds is 23. The number of hydrogen-bond donors (Lipinski definition) is 0. The SMILES string of the molecule is CCCCCCCCCOc1ccc(OC(=O)CC(C)C(=O)Oc2ccc(OCCCCCCCCC)cc2)cc1. The van der Waals surface area contributed by atoms with Gasteiger partial charge in [-0.25, -0.2) is 0 Å². The van der Waals surface area contributed by atoms with Gasteiger partial charge in [-0.2, -0.15) is 0 Å². The predicted octanol–water partition coefficient (Wildman–Crippen LogP) is 9.48. The van der Waals surface area contributed by atoms with Crippen molar-refractivity contribution in [1.29, 1.82) is 0 Å². The van der Waals surface area contributed by atoms with Crippen molar-refractivity contribution in [2.45, 2.75) is 117 Å². The molecule has 0 aliphatic heterocycles. The van der Waals surface area contributed by atoms with Crippen LogP contribution in [0.2, 0.25) is 0 Å². The van der Waals surface area contributed by atoms with Crippen molar-refractivity contribution in [1.82, 2.24) is 0 Å². The standard InChI is InChI=1S/C35H52O6/c1-4-6-8-10-12-14-16-26-38-30-18-22-32(23-19-30)40-34(36)28-29(3)35(37)41-33-24-20-31(21-25-33)39-27-17-15-13-11-9-7-5-2/h18-25,29H,4-17,26-28H2,1-3H3. The highest BCUT2D eigenvalue weighted by Crippen LogP contribution is 2.22. The minimum absolute atomic E-state index is 0.0744. The first-order valence-corrected chi connectivity index (χ1v) is 15.9. The van der Waals surface area contributed by atoms with Gasteiger partial charge in [0.2, 0.25) is 0 Å². The Bertz CT molecular complexity index is 954. The Morgan fingerprint density at radius 3 is 1.34 bits per heavy atom. The van der Waals surface area contributed by atoms with E-state index in [1.165, 1.54) is 77.0 Å². The van der Waals surface area contributed by atoms with Crippen LogP contribution in [-0.2, 0) is 9.59 Å². The zero-order valence-electron chi connectivity index (χ0n) is 25.7. The Balaban J connectivity index is 1.61.